The molecule has 0 aliphatic carbocycles. The van der Waals surface area contributed by atoms with Gasteiger partial charge in [-0.15, -0.1) is 0 Å². The van der Waals surface area contributed by atoms with Gasteiger partial charge < -0.3 is 15.8 Å². The molecule has 1 fully saturated rings. The summed E-state index contributed by atoms with van der Waals surface area (Å²) in [5, 5.41) is 2.54. The topological polar surface area (TPSA) is 81.4 Å². The van der Waals surface area contributed by atoms with E-state index in [4.69, 9.17) is 10.5 Å². The molecule has 0 bridgehead atoms. The Morgan fingerprint density at radius 2 is 2.23 bits per heavy atom. The summed E-state index contributed by atoms with van der Waals surface area (Å²) >= 11 is 1.63. The van der Waals surface area contributed by atoms with Crippen LogP contribution in [-0.2, 0) is 9.53 Å². The van der Waals surface area contributed by atoms with Gasteiger partial charge in [-0.3, -0.25) is 4.79 Å². The zero-order chi connectivity index (χ0) is 9.84. The van der Waals surface area contributed by atoms with Crippen molar-refractivity contribution in [1.29, 1.82) is 0 Å². The number of urea groups is 1. The van der Waals surface area contributed by atoms with Crippen LogP contribution in [0.15, 0.2) is 0 Å². The van der Waals surface area contributed by atoms with E-state index in [-0.39, 0.29) is 18.1 Å². The van der Waals surface area contributed by atoms with Gasteiger partial charge in [0.2, 0.25) is 0 Å². The minimum Gasteiger partial charge on any atom is -0.459 e. The third-order valence-electron chi connectivity index (χ3n) is 1.67. The second-order valence-corrected chi connectivity index (χ2v) is 3.88. The molecule has 0 radical (unpaired) electrons. The molecule has 3 N–H and O–H groups in total. The van der Waals surface area contributed by atoms with Crippen LogP contribution in [0.5, 0.6) is 0 Å². The van der Waals surface area contributed by atoms with Crippen LogP contribution in [0.1, 0.15) is 6.92 Å². The van der Waals surface area contributed by atoms with Gasteiger partial charge in [0.25, 0.3) is 0 Å². The summed E-state index contributed by atoms with van der Waals surface area (Å²) in [6, 6.07) is -0.726. The Labute approximate surface area is 80.4 Å². The number of nitrogens with two attached hydrogens (primary N) is 1. The summed E-state index contributed by atoms with van der Waals surface area (Å²) in [6.45, 7) is 1.35. The zero-order valence-corrected chi connectivity index (χ0v) is 8.10. The average molecular weight is 204 g/mol. The lowest BCUT2D eigenvalue weighted by Crippen LogP contribution is -2.46. The van der Waals surface area contributed by atoms with Gasteiger partial charge >= 0.3 is 12.0 Å². The van der Waals surface area contributed by atoms with Crippen molar-refractivity contribution in [1.82, 2.24) is 5.32 Å². The van der Waals surface area contributed by atoms with Gasteiger partial charge in [-0.1, -0.05) is 0 Å². The van der Waals surface area contributed by atoms with Crippen molar-refractivity contribution in [2.45, 2.75) is 19.1 Å². The summed E-state index contributed by atoms with van der Waals surface area (Å²) in [7, 11) is 0. The Kier molecular flexibility index (Phi) is 3.41. The molecule has 0 saturated carbocycles. The highest BCUT2D eigenvalue weighted by Gasteiger charge is 2.30. The highest BCUT2D eigenvalue weighted by Crippen LogP contribution is 2.20. The number of esters is 1. The number of rotatable bonds is 2. The van der Waals surface area contributed by atoms with Crippen LogP contribution < -0.4 is 11.1 Å². The molecule has 2 amide bonds. The average Bonchev–Trinajstić information content (AvgIpc) is 2.34. The molecule has 0 aromatic heterocycles. The molecule has 1 saturated heterocycles. The Morgan fingerprint density at radius 1 is 1.54 bits per heavy atom. The predicted octanol–water partition coefficient (Wildman–Crippen LogP) is -0.298. The fourth-order valence-corrected chi connectivity index (χ4v) is 2.40. The maximum atomic E-state index is 10.7. The van der Waals surface area contributed by atoms with Gasteiger partial charge in [0.05, 0.1) is 6.04 Å². The lowest BCUT2D eigenvalue weighted by atomic mass is 10.2. The van der Waals surface area contributed by atoms with Crippen molar-refractivity contribution in [2.75, 3.05) is 11.5 Å². The van der Waals surface area contributed by atoms with Gasteiger partial charge in [-0.2, -0.15) is 11.8 Å². The van der Waals surface area contributed by atoms with E-state index in [0.29, 0.717) is 5.75 Å². The standard InChI is InChI=1S/C7H12N2O3S/c1-4(10)12-6-3-13-2-5(6)9-7(8)11/h5-6H,2-3H2,1H3,(H3,8,9,11)/t5-,6+/m0/s1. The van der Waals surface area contributed by atoms with Crippen molar-refractivity contribution < 1.29 is 14.3 Å². The van der Waals surface area contributed by atoms with Crippen LogP contribution in [0.3, 0.4) is 0 Å². The monoisotopic (exact) mass is 204 g/mol. The van der Waals surface area contributed by atoms with E-state index in [0.717, 1.165) is 5.75 Å². The minimum absolute atomic E-state index is 0.147. The summed E-state index contributed by atoms with van der Waals surface area (Å²) in [4.78, 5) is 21.2. The summed E-state index contributed by atoms with van der Waals surface area (Å²) in [5.74, 6) is 1.12. The molecular weight excluding hydrogens is 192 g/mol. The number of carbonyl (C=O) groups is 2. The first kappa shape index (κ1) is 10.2. The van der Waals surface area contributed by atoms with Crippen LogP contribution in [0.2, 0.25) is 0 Å². The van der Waals surface area contributed by atoms with Crippen molar-refractivity contribution in [3.05, 3.63) is 0 Å². The smallest absolute Gasteiger partial charge is 0.312 e. The third-order valence-corrected chi connectivity index (χ3v) is 2.83. The van der Waals surface area contributed by atoms with Crippen molar-refractivity contribution in [3.63, 3.8) is 0 Å². The molecule has 2 atom stereocenters. The van der Waals surface area contributed by atoms with Crippen LogP contribution in [-0.4, -0.2) is 35.7 Å². The van der Waals surface area contributed by atoms with Gasteiger partial charge in [-0.05, 0) is 0 Å². The number of ether oxygens (including phenoxy) is 1. The second-order valence-electron chi connectivity index (χ2n) is 2.80. The molecule has 74 valence electrons. The van der Waals surface area contributed by atoms with Crippen LogP contribution >= 0.6 is 11.8 Å². The first-order valence-electron chi connectivity index (χ1n) is 3.90. The maximum Gasteiger partial charge on any atom is 0.312 e. The van der Waals surface area contributed by atoms with Gasteiger partial charge in [0.1, 0.15) is 6.10 Å². The fourth-order valence-electron chi connectivity index (χ4n) is 1.18. The molecule has 5 nitrogen and oxygen atoms in total. The predicted molar refractivity (Wildman–Crippen MR) is 49.4 cm³/mol. The van der Waals surface area contributed by atoms with E-state index in [1.165, 1.54) is 6.92 Å². The van der Waals surface area contributed by atoms with Crippen molar-refractivity contribution >= 4 is 23.8 Å². The molecule has 0 spiro atoms. The van der Waals surface area contributed by atoms with Crippen molar-refractivity contribution in [3.8, 4) is 0 Å². The number of carbonyl (C=O) groups excluding carboxylic acids is 2. The van der Waals surface area contributed by atoms with Gasteiger partial charge in [-0.25, -0.2) is 4.79 Å². The van der Waals surface area contributed by atoms with E-state index in [1.807, 2.05) is 0 Å². The Bertz CT molecular complexity index is 200. The van der Waals surface area contributed by atoms with Gasteiger partial charge in [0.15, 0.2) is 0 Å². The zero-order valence-electron chi connectivity index (χ0n) is 7.28. The minimum atomic E-state index is -0.579. The molecule has 0 unspecified atom stereocenters. The highest BCUT2D eigenvalue weighted by atomic mass is 32.2. The summed E-state index contributed by atoms with van der Waals surface area (Å²) < 4.78 is 4.99. The maximum absolute atomic E-state index is 10.7. The Hall–Kier alpha value is -0.910. The van der Waals surface area contributed by atoms with E-state index in [1.54, 1.807) is 11.8 Å². The number of nitrogens with one attached hydrogen (secondary N) is 1. The van der Waals surface area contributed by atoms with E-state index < -0.39 is 6.03 Å². The summed E-state index contributed by atoms with van der Waals surface area (Å²) in [5.41, 5.74) is 4.97. The van der Waals surface area contributed by atoms with E-state index in [9.17, 15) is 9.59 Å². The fraction of sp³-hybridized carbons (Fsp3) is 0.714. The molecule has 1 aliphatic rings. The third kappa shape index (κ3) is 3.14. The summed E-state index contributed by atoms with van der Waals surface area (Å²) in [6.07, 6.45) is -0.241. The number of thioether (sulfide) groups is 1. The Balaban J connectivity index is 2.43. The molecule has 1 aliphatic heterocycles. The molecular formula is C7H12N2O3S. The van der Waals surface area contributed by atoms with E-state index >= 15 is 0 Å². The van der Waals surface area contributed by atoms with Crippen molar-refractivity contribution in [2.24, 2.45) is 5.73 Å². The lowest BCUT2D eigenvalue weighted by molar-refractivity contribution is -0.145. The number of primary amides is 1. The first-order valence-corrected chi connectivity index (χ1v) is 5.06. The molecule has 1 heterocycles. The highest BCUT2D eigenvalue weighted by molar-refractivity contribution is 7.99. The van der Waals surface area contributed by atoms with Gasteiger partial charge in [0, 0.05) is 18.4 Å². The number of amides is 2. The molecule has 0 aromatic rings. The van der Waals surface area contributed by atoms with Crippen LogP contribution in [0, 0.1) is 0 Å². The first-order chi connectivity index (χ1) is 6.09. The SMILES string of the molecule is CC(=O)O[C@@H]1CSC[C@@H]1NC(N)=O. The second kappa shape index (κ2) is 4.36. The quantitative estimate of drug-likeness (QED) is 0.605. The molecule has 0 aromatic carbocycles. The Morgan fingerprint density at radius 3 is 2.77 bits per heavy atom. The van der Waals surface area contributed by atoms with Crippen LogP contribution in [0.4, 0.5) is 4.79 Å². The molecule has 1 rings (SSSR count). The lowest BCUT2D eigenvalue weighted by Gasteiger charge is -2.18. The molecule has 13 heavy (non-hydrogen) atoms. The normalized spacial score (nSPS) is 26.8. The largest absolute Gasteiger partial charge is 0.459 e. The van der Waals surface area contributed by atoms with Crippen LogP contribution in [0.25, 0.3) is 0 Å². The van der Waals surface area contributed by atoms with E-state index in [2.05, 4.69) is 5.32 Å². The molecule has 6 heteroatoms. The number of hydrogen-bond donors (Lipinski definition) is 2. The number of hydrogen-bond acceptors (Lipinski definition) is 4.